The number of rotatable bonds is 1. The number of aromatic nitrogens is 1. The highest BCUT2D eigenvalue weighted by atomic mass is 14.6. The smallest absolute Gasteiger partial charge is 0.0270 e. The van der Waals surface area contributed by atoms with Crippen molar-refractivity contribution in [3.63, 3.8) is 0 Å². The highest BCUT2D eigenvalue weighted by molar-refractivity contribution is 5.25. The Balaban J connectivity index is 1.92. The molecule has 0 N–H and O–H groups in total. The molecule has 1 nitrogen and oxygen atoms in total. The van der Waals surface area contributed by atoms with Crippen molar-refractivity contribution < 1.29 is 0 Å². The summed E-state index contributed by atoms with van der Waals surface area (Å²) in [5.41, 5.74) is 1.48. The third kappa shape index (κ3) is 1.11. The van der Waals surface area contributed by atoms with E-state index in [-0.39, 0.29) is 0 Å². The molecule has 0 aliphatic heterocycles. The van der Waals surface area contributed by atoms with E-state index in [1.807, 2.05) is 12.4 Å². The zero-order valence-electron chi connectivity index (χ0n) is 7.56. The van der Waals surface area contributed by atoms with Crippen LogP contribution in [0.2, 0.25) is 0 Å². The first-order chi connectivity index (χ1) is 6.43. The highest BCUT2D eigenvalue weighted by Gasteiger charge is 2.36. The molecule has 1 aromatic heterocycles. The Labute approximate surface area is 78.5 Å². The van der Waals surface area contributed by atoms with Crippen LogP contribution in [0.4, 0.5) is 0 Å². The van der Waals surface area contributed by atoms with Crippen LogP contribution >= 0.6 is 0 Å². The van der Waals surface area contributed by atoms with Crippen LogP contribution in [0.1, 0.15) is 24.3 Å². The number of fused-ring (bicyclic) bond motifs is 2. The number of hydrogen-bond acceptors (Lipinski definition) is 1. The zero-order chi connectivity index (χ0) is 8.67. The van der Waals surface area contributed by atoms with E-state index in [0.717, 1.165) is 17.8 Å². The summed E-state index contributed by atoms with van der Waals surface area (Å²) < 4.78 is 0. The number of allylic oxidation sites excluding steroid dienone is 2. The molecule has 0 aromatic carbocycles. The Bertz CT molecular complexity index is 328. The lowest BCUT2D eigenvalue weighted by Crippen LogP contribution is -2.04. The van der Waals surface area contributed by atoms with Crippen molar-refractivity contribution in [2.75, 3.05) is 0 Å². The van der Waals surface area contributed by atoms with Crippen LogP contribution < -0.4 is 0 Å². The van der Waals surface area contributed by atoms with Crippen molar-refractivity contribution in [2.24, 2.45) is 11.8 Å². The first-order valence-corrected chi connectivity index (χ1v) is 5.02. The van der Waals surface area contributed by atoms with Gasteiger partial charge in [0.15, 0.2) is 0 Å². The zero-order valence-corrected chi connectivity index (χ0v) is 7.56. The Hall–Kier alpha value is -1.11. The normalized spacial score (nSPS) is 35.5. The summed E-state index contributed by atoms with van der Waals surface area (Å²) in [5.74, 6) is 2.45. The minimum absolute atomic E-state index is 0.776. The second-order valence-corrected chi connectivity index (χ2v) is 4.17. The van der Waals surface area contributed by atoms with Crippen molar-refractivity contribution in [3.05, 3.63) is 42.2 Å². The van der Waals surface area contributed by atoms with Gasteiger partial charge >= 0.3 is 0 Å². The van der Waals surface area contributed by atoms with Gasteiger partial charge in [-0.25, -0.2) is 0 Å². The lowest BCUT2D eigenvalue weighted by molar-refractivity contribution is 0.585. The highest BCUT2D eigenvalue weighted by Crippen LogP contribution is 2.48. The standard InChI is InChI=1S/C12H13N/c1-2-11-7-9(1)8-12(11)10-3-5-13-6-4-10/h1-6,9,11-12H,7-8H2/t9?,11-,12?/m0/s1. The molecule has 0 spiro atoms. The fourth-order valence-electron chi connectivity index (χ4n) is 2.77. The SMILES string of the molecule is C1=C[C@H]2CC1CC2c1ccncc1. The van der Waals surface area contributed by atoms with E-state index < -0.39 is 0 Å². The Kier molecular flexibility index (Phi) is 1.51. The molecule has 66 valence electrons. The second kappa shape index (κ2) is 2.69. The van der Waals surface area contributed by atoms with Gasteiger partial charge in [-0.2, -0.15) is 0 Å². The van der Waals surface area contributed by atoms with Crippen LogP contribution in [0.3, 0.4) is 0 Å². The molecule has 0 amide bonds. The van der Waals surface area contributed by atoms with Gasteiger partial charge in [-0.15, -0.1) is 0 Å². The first kappa shape index (κ1) is 7.31. The van der Waals surface area contributed by atoms with Gasteiger partial charge in [0.25, 0.3) is 0 Å². The number of hydrogen-bond donors (Lipinski definition) is 0. The van der Waals surface area contributed by atoms with E-state index in [1.165, 1.54) is 18.4 Å². The van der Waals surface area contributed by atoms with E-state index in [2.05, 4.69) is 29.3 Å². The first-order valence-electron chi connectivity index (χ1n) is 5.02. The molecule has 13 heavy (non-hydrogen) atoms. The van der Waals surface area contributed by atoms with E-state index in [1.54, 1.807) is 0 Å². The van der Waals surface area contributed by atoms with Crippen LogP contribution in [-0.4, -0.2) is 4.98 Å². The molecule has 2 bridgehead atoms. The molecule has 3 rings (SSSR count). The van der Waals surface area contributed by atoms with Crippen molar-refractivity contribution in [3.8, 4) is 0 Å². The summed E-state index contributed by atoms with van der Waals surface area (Å²) in [6.45, 7) is 0. The topological polar surface area (TPSA) is 12.9 Å². The fraction of sp³-hybridized carbons (Fsp3) is 0.417. The number of pyridine rings is 1. The van der Waals surface area contributed by atoms with Crippen LogP contribution in [-0.2, 0) is 0 Å². The summed E-state index contributed by atoms with van der Waals surface area (Å²) in [7, 11) is 0. The molecule has 0 saturated heterocycles. The Morgan fingerprint density at radius 1 is 1.08 bits per heavy atom. The average Bonchev–Trinajstić information content (AvgIpc) is 2.80. The second-order valence-electron chi connectivity index (χ2n) is 4.17. The molecule has 2 unspecified atom stereocenters. The van der Waals surface area contributed by atoms with Crippen molar-refractivity contribution in [2.45, 2.75) is 18.8 Å². The van der Waals surface area contributed by atoms with Crippen LogP contribution in [0.15, 0.2) is 36.7 Å². The van der Waals surface area contributed by atoms with Crippen LogP contribution in [0, 0.1) is 11.8 Å². The van der Waals surface area contributed by atoms with E-state index in [0.29, 0.717) is 0 Å². The summed E-state index contributed by atoms with van der Waals surface area (Å²) in [6, 6.07) is 4.33. The van der Waals surface area contributed by atoms with Gasteiger partial charge in [-0.05, 0) is 48.3 Å². The molecule has 1 saturated carbocycles. The largest absolute Gasteiger partial charge is 0.265 e. The molecule has 2 aliphatic rings. The summed E-state index contributed by atoms with van der Waals surface area (Å²) >= 11 is 0. The minimum atomic E-state index is 0.776. The van der Waals surface area contributed by atoms with E-state index in [9.17, 15) is 0 Å². The van der Waals surface area contributed by atoms with Crippen LogP contribution in [0.5, 0.6) is 0 Å². The van der Waals surface area contributed by atoms with E-state index >= 15 is 0 Å². The molecule has 2 aliphatic carbocycles. The molecule has 1 aromatic rings. The fourth-order valence-corrected chi connectivity index (χ4v) is 2.77. The molecule has 0 radical (unpaired) electrons. The lowest BCUT2D eigenvalue weighted by Gasteiger charge is -2.17. The maximum atomic E-state index is 4.06. The molecule has 3 atom stereocenters. The Morgan fingerprint density at radius 3 is 2.54 bits per heavy atom. The minimum Gasteiger partial charge on any atom is -0.265 e. The van der Waals surface area contributed by atoms with Gasteiger partial charge in [-0.3, -0.25) is 4.98 Å². The van der Waals surface area contributed by atoms with Crippen LogP contribution in [0.25, 0.3) is 0 Å². The van der Waals surface area contributed by atoms with Gasteiger partial charge in [0, 0.05) is 12.4 Å². The van der Waals surface area contributed by atoms with Gasteiger partial charge in [0.05, 0.1) is 0 Å². The maximum Gasteiger partial charge on any atom is 0.0270 e. The Morgan fingerprint density at radius 2 is 1.92 bits per heavy atom. The summed E-state index contributed by atoms with van der Waals surface area (Å²) in [5, 5.41) is 0. The summed E-state index contributed by atoms with van der Waals surface area (Å²) in [6.07, 6.45) is 11.3. The van der Waals surface area contributed by atoms with Gasteiger partial charge in [0.2, 0.25) is 0 Å². The monoisotopic (exact) mass is 171 g/mol. The predicted octanol–water partition coefficient (Wildman–Crippen LogP) is 2.76. The lowest BCUT2D eigenvalue weighted by atomic mass is 9.87. The summed E-state index contributed by atoms with van der Waals surface area (Å²) in [4.78, 5) is 4.06. The average molecular weight is 171 g/mol. The molecule has 1 fully saturated rings. The van der Waals surface area contributed by atoms with Crippen molar-refractivity contribution in [1.29, 1.82) is 0 Å². The van der Waals surface area contributed by atoms with Gasteiger partial charge < -0.3 is 0 Å². The van der Waals surface area contributed by atoms with Gasteiger partial charge in [-0.1, -0.05) is 12.2 Å². The third-order valence-electron chi connectivity index (χ3n) is 3.41. The molecular weight excluding hydrogens is 158 g/mol. The number of nitrogens with zero attached hydrogens (tertiary/aromatic N) is 1. The van der Waals surface area contributed by atoms with E-state index in [4.69, 9.17) is 0 Å². The molecular formula is C12H13N. The predicted molar refractivity (Wildman–Crippen MR) is 52.3 cm³/mol. The molecule has 1 heterocycles. The van der Waals surface area contributed by atoms with Crippen molar-refractivity contribution >= 4 is 0 Å². The van der Waals surface area contributed by atoms with Crippen molar-refractivity contribution in [1.82, 2.24) is 4.98 Å². The molecule has 1 heteroatoms. The quantitative estimate of drug-likeness (QED) is 0.592. The maximum absolute atomic E-state index is 4.06. The van der Waals surface area contributed by atoms with Gasteiger partial charge in [0.1, 0.15) is 0 Å². The third-order valence-corrected chi connectivity index (χ3v) is 3.41.